The number of amides is 1. The molecule has 0 bridgehead atoms. The molecule has 1 aliphatic carbocycles. The zero-order valence-electron chi connectivity index (χ0n) is 16.1. The van der Waals surface area contributed by atoms with Crippen LogP contribution in [0.4, 0.5) is 0 Å². The number of piperidine rings is 1. The van der Waals surface area contributed by atoms with Gasteiger partial charge >= 0.3 is 0 Å². The third-order valence-corrected chi connectivity index (χ3v) is 5.60. The molecular formula is C20H25N5O3. The van der Waals surface area contributed by atoms with E-state index in [-0.39, 0.29) is 11.5 Å². The molecule has 0 aromatic carbocycles. The van der Waals surface area contributed by atoms with Crippen molar-refractivity contribution in [2.24, 2.45) is 13.0 Å². The Bertz CT molecular complexity index is 918. The zero-order chi connectivity index (χ0) is 19.5. The first-order valence-corrected chi connectivity index (χ1v) is 9.92. The third kappa shape index (κ3) is 4.05. The number of ether oxygens (including phenoxy) is 1. The zero-order valence-corrected chi connectivity index (χ0v) is 16.1. The first kappa shape index (κ1) is 18.6. The van der Waals surface area contributed by atoms with E-state index in [0.29, 0.717) is 37.2 Å². The van der Waals surface area contributed by atoms with Crippen LogP contribution in [0, 0.1) is 5.92 Å². The van der Waals surface area contributed by atoms with E-state index in [1.54, 1.807) is 11.9 Å². The Morgan fingerprint density at radius 2 is 1.96 bits per heavy atom. The second kappa shape index (κ2) is 8.08. The summed E-state index contributed by atoms with van der Waals surface area (Å²) >= 11 is 0. The molecule has 8 nitrogen and oxygen atoms in total. The molecule has 0 saturated carbocycles. The largest absolute Gasteiger partial charge is 0.476 e. The fourth-order valence-corrected chi connectivity index (χ4v) is 3.82. The van der Waals surface area contributed by atoms with Crippen molar-refractivity contribution in [2.45, 2.75) is 38.5 Å². The van der Waals surface area contributed by atoms with Crippen LogP contribution < -0.4 is 10.3 Å². The lowest BCUT2D eigenvalue weighted by Crippen LogP contribution is -2.40. The summed E-state index contributed by atoms with van der Waals surface area (Å²) in [4.78, 5) is 25.8. The van der Waals surface area contributed by atoms with Crippen molar-refractivity contribution in [3.63, 3.8) is 0 Å². The molecule has 3 heterocycles. The smallest absolute Gasteiger partial charge is 0.274 e. The van der Waals surface area contributed by atoms with Crippen molar-refractivity contribution < 1.29 is 9.53 Å². The van der Waals surface area contributed by atoms with Crippen LogP contribution in [0.1, 0.15) is 47.4 Å². The van der Waals surface area contributed by atoms with Crippen LogP contribution in [-0.2, 0) is 19.9 Å². The average Bonchev–Trinajstić information content (AvgIpc) is 2.74. The maximum atomic E-state index is 12.6. The Hall–Kier alpha value is -2.77. The molecule has 2 aromatic rings. The first-order chi connectivity index (χ1) is 13.6. The highest BCUT2D eigenvalue weighted by Crippen LogP contribution is 2.23. The maximum absolute atomic E-state index is 12.6. The normalized spacial score (nSPS) is 17.2. The van der Waals surface area contributed by atoms with E-state index < -0.39 is 0 Å². The predicted molar refractivity (Wildman–Crippen MR) is 102 cm³/mol. The summed E-state index contributed by atoms with van der Waals surface area (Å²) in [5.74, 6) is 0.860. The number of aromatic nitrogens is 4. The van der Waals surface area contributed by atoms with Crippen LogP contribution in [0.25, 0.3) is 0 Å². The molecule has 28 heavy (non-hydrogen) atoms. The summed E-state index contributed by atoms with van der Waals surface area (Å²) < 4.78 is 7.08. The second-order valence-corrected chi connectivity index (χ2v) is 7.59. The predicted octanol–water partition coefficient (Wildman–Crippen LogP) is 1.38. The molecule has 4 rings (SSSR count). The summed E-state index contributed by atoms with van der Waals surface area (Å²) in [5, 5.41) is 12.6. The summed E-state index contributed by atoms with van der Waals surface area (Å²) in [6, 6.07) is 4.90. The fraction of sp³-hybridized carbons (Fsp3) is 0.550. The molecule has 1 aliphatic heterocycles. The highest BCUT2D eigenvalue weighted by molar-refractivity contribution is 5.92. The van der Waals surface area contributed by atoms with Gasteiger partial charge in [0.1, 0.15) is 5.69 Å². The van der Waals surface area contributed by atoms with Crippen LogP contribution in [0.2, 0.25) is 0 Å². The summed E-state index contributed by atoms with van der Waals surface area (Å²) in [6.07, 6.45) is 6.20. The highest BCUT2D eigenvalue weighted by atomic mass is 16.5. The van der Waals surface area contributed by atoms with E-state index >= 15 is 0 Å². The van der Waals surface area contributed by atoms with Gasteiger partial charge in [0.05, 0.1) is 12.3 Å². The number of rotatable bonds is 4. The molecule has 148 valence electrons. The van der Waals surface area contributed by atoms with Crippen LogP contribution in [0.5, 0.6) is 5.88 Å². The fourth-order valence-electron chi connectivity index (χ4n) is 3.82. The minimum absolute atomic E-state index is 0.129. The number of aryl methyl sites for hydroxylation is 3. The summed E-state index contributed by atoms with van der Waals surface area (Å²) in [5.41, 5.74) is 2.46. The van der Waals surface area contributed by atoms with Gasteiger partial charge in [0.15, 0.2) is 0 Å². The lowest BCUT2D eigenvalue weighted by Gasteiger charge is -2.31. The van der Waals surface area contributed by atoms with Crippen molar-refractivity contribution >= 4 is 5.91 Å². The van der Waals surface area contributed by atoms with Gasteiger partial charge in [-0.15, -0.1) is 5.10 Å². The number of carbonyl (C=O) groups excluding carboxylic acids is 1. The van der Waals surface area contributed by atoms with Crippen LogP contribution in [0.3, 0.4) is 0 Å². The monoisotopic (exact) mass is 383 g/mol. The lowest BCUT2D eigenvalue weighted by molar-refractivity contribution is 0.0650. The van der Waals surface area contributed by atoms with Gasteiger partial charge in [0.2, 0.25) is 5.88 Å². The quantitative estimate of drug-likeness (QED) is 0.792. The Morgan fingerprint density at radius 1 is 1.18 bits per heavy atom. The van der Waals surface area contributed by atoms with Gasteiger partial charge in [-0.25, -0.2) is 4.68 Å². The number of likely N-dealkylation sites (tertiary alicyclic amines) is 1. The number of carbonyl (C=O) groups is 1. The SMILES string of the molecule is Cn1nc(C(=O)N2CCC(COc3cc4c(nn3)CCCC4)CC2)ccc1=O. The Labute approximate surface area is 163 Å². The topological polar surface area (TPSA) is 90.2 Å². The van der Waals surface area contributed by atoms with Gasteiger partial charge in [0.25, 0.3) is 11.5 Å². The first-order valence-electron chi connectivity index (χ1n) is 9.92. The Kier molecular flexibility index (Phi) is 5.36. The van der Waals surface area contributed by atoms with Crippen LogP contribution in [0.15, 0.2) is 23.0 Å². The minimum atomic E-state index is -0.224. The van der Waals surface area contributed by atoms with E-state index in [1.807, 2.05) is 6.07 Å². The highest BCUT2D eigenvalue weighted by Gasteiger charge is 2.25. The Balaban J connectivity index is 1.29. The third-order valence-electron chi connectivity index (χ3n) is 5.60. The number of hydrogen-bond acceptors (Lipinski definition) is 6. The van der Waals surface area contributed by atoms with Crippen LogP contribution in [-0.4, -0.2) is 50.5 Å². The van der Waals surface area contributed by atoms with Crippen molar-refractivity contribution in [3.8, 4) is 5.88 Å². The van der Waals surface area contributed by atoms with E-state index in [0.717, 1.165) is 31.4 Å². The molecule has 1 amide bonds. The van der Waals surface area contributed by atoms with E-state index in [1.165, 1.54) is 35.2 Å². The van der Waals surface area contributed by atoms with Gasteiger partial charge in [-0.2, -0.15) is 10.2 Å². The van der Waals surface area contributed by atoms with Crippen molar-refractivity contribution in [2.75, 3.05) is 19.7 Å². The standard InChI is InChI=1S/C20H25N5O3/c1-24-19(26)7-6-17(23-24)20(27)25-10-8-14(9-11-25)13-28-18-12-15-4-2-3-5-16(15)21-22-18/h6-7,12,14H,2-5,8-11,13H2,1H3. The average molecular weight is 383 g/mol. The number of hydrogen-bond donors (Lipinski definition) is 0. The minimum Gasteiger partial charge on any atom is -0.476 e. The molecule has 0 atom stereocenters. The van der Waals surface area contributed by atoms with E-state index in [2.05, 4.69) is 15.3 Å². The molecule has 0 spiro atoms. The molecule has 2 aromatic heterocycles. The molecule has 2 aliphatic rings. The van der Waals surface area contributed by atoms with Crippen molar-refractivity contribution in [3.05, 3.63) is 45.5 Å². The number of nitrogens with zero attached hydrogens (tertiary/aromatic N) is 5. The van der Waals surface area contributed by atoms with E-state index in [4.69, 9.17) is 4.74 Å². The second-order valence-electron chi connectivity index (χ2n) is 7.59. The molecule has 8 heteroatoms. The molecule has 1 fully saturated rings. The number of fused-ring (bicyclic) bond motifs is 1. The molecule has 0 unspecified atom stereocenters. The molecule has 0 radical (unpaired) electrons. The van der Waals surface area contributed by atoms with Gasteiger partial charge in [-0.05, 0) is 56.1 Å². The molecule has 0 N–H and O–H groups in total. The summed E-state index contributed by atoms with van der Waals surface area (Å²) in [7, 11) is 1.55. The summed E-state index contributed by atoms with van der Waals surface area (Å²) in [6.45, 7) is 1.91. The maximum Gasteiger partial charge on any atom is 0.274 e. The molecule has 1 saturated heterocycles. The lowest BCUT2D eigenvalue weighted by atomic mass is 9.97. The van der Waals surface area contributed by atoms with Crippen molar-refractivity contribution in [1.29, 1.82) is 0 Å². The molecular weight excluding hydrogens is 358 g/mol. The van der Waals surface area contributed by atoms with Gasteiger partial charge in [0, 0.05) is 32.3 Å². The Morgan fingerprint density at radius 3 is 2.75 bits per heavy atom. The van der Waals surface area contributed by atoms with Gasteiger partial charge < -0.3 is 9.64 Å². The van der Waals surface area contributed by atoms with Crippen LogP contribution >= 0.6 is 0 Å². The van der Waals surface area contributed by atoms with Gasteiger partial charge in [-0.1, -0.05) is 0 Å². The van der Waals surface area contributed by atoms with E-state index in [9.17, 15) is 9.59 Å². The van der Waals surface area contributed by atoms with Crippen molar-refractivity contribution in [1.82, 2.24) is 24.9 Å². The van der Waals surface area contributed by atoms with Gasteiger partial charge in [-0.3, -0.25) is 9.59 Å².